The van der Waals surface area contributed by atoms with E-state index in [-0.39, 0.29) is 17.2 Å². The van der Waals surface area contributed by atoms with E-state index in [9.17, 15) is 9.59 Å². The summed E-state index contributed by atoms with van der Waals surface area (Å²) in [6.07, 6.45) is 3.15. The Morgan fingerprint density at radius 3 is 1.94 bits per heavy atom. The van der Waals surface area contributed by atoms with Crippen molar-refractivity contribution in [2.24, 2.45) is 0 Å². The molecule has 0 aliphatic carbocycles. The quantitative estimate of drug-likeness (QED) is 0.482. The number of benzene rings is 2. The summed E-state index contributed by atoms with van der Waals surface area (Å²) in [5.74, 6) is 1.95. The fourth-order valence-corrected chi connectivity index (χ4v) is 4.24. The third-order valence-corrected chi connectivity index (χ3v) is 6.51. The van der Waals surface area contributed by atoms with Gasteiger partial charge in [-0.2, -0.15) is 0 Å². The van der Waals surface area contributed by atoms with E-state index in [1.807, 2.05) is 46.2 Å². The molecule has 6 heteroatoms. The third-order valence-electron chi connectivity index (χ3n) is 6.51. The monoisotopic (exact) mass is 480 g/mol. The molecule has 0 saturated carbocycles. The SMILES string of the molecule is COc1ccc(CCC(=O)N2CCCN(C(=O)CCCOc3ccc(C(C)(C)C)cc3)CC2)cc1. The van der Waals surface area contributed by atoms with Gasteiger partial charge in [0, 0.05) is 39.0 Å². The second kappa shape index (κ2) is 12.6. The largest absolute Gasteiger partial charge is 0.497 e. The number of carbonyl (C=O) groups is 2. The lowest BCUT2D eigenvalue weighted by molar-refractivity contribution is -0.133. The summed E-state index contributed by atoms with van der Waals surface area (Å²) in [6, 6.07) is 16.0. The van der Waals surface area contributed by atoms with Crippen molar-refractivity contribution in [2.45, 2.75) is 58.3 Å². The molecule has 0 aromatic heterocycles. The maximum atomic E-state index is 12.7. The zero-order valence-corrected chi connectivity index (χ0v) is 21.7. The Morgan fingerprint density at radius 2 is 1.37 bits per heavy atom. The third kappa shape index (κ3) is 8.30. The average molecular weight is 481 g/mol. The predicted octanol–water partition coefficient (Wildman–Crippen LogP) is 4.85. The van der Waals surface area contributed by atoms with Crippen molar-refractivity contribution in [2.75, 3.05) is 39.9 Å². The smallest absolute Gasteiger partial charge is 0.222 e. The normalized spacial score (nSPS) is 14.4. The molecule has 190 valence electrons. The highest BCUT2D eigenvalue weighted by Gasteiger charge is 2.21. The molecule has 1 aliphatic rings. The molecule has 0 atom stereocenters. The first-order chi connectivity index (χ1) is 16.8. The fraction of sp³-hybridized carbons (Fsp3) is 0.517. The van der Waals surface area contributed by atoms with Crippen LogP contribution in [0.15, 0.2) is 48.5 Å². The molecule has 35 heavy (non-hydrogen) atoms. The molecule has 3 rings (SSSR count). The Kier molecular flexibility index (Phi) is 9.58. The summed E-state index contributed by atoms with van der Waals surface area (Å²) < 4.78 is 11.0. The lowest BCUT2D eigenvalue weighted by Gasteiger charge is -2.22. The number of carbonyl (C=O) groups excluding carboxylic acids is 2. The van der Waals surface area contributed by atoms with Crippen molar-refractivity contribution in [3.63, 3.8) is 0 Å². The van der Waals surface area contributed by atoms with Gasteiger partial charge in [-0.05, 0) is 60.1 Å². The fourth-order valence-electron chi connectivity index (χ4n) is 4.24. The molecule has 1 aliphatic heterocycles. The van der Waals surface area contributed by atoms with Crippen LogP contribution in [0.3, 0.4) is 0 Å². The van der Waals surface area contributed by atoms with E-state index in [0.717, 1.165) is 23.5 Å². The molecule has 0 radical (unpaired) electrons. The number of methoxy groups -OCH3 is 1. The minimum Gasteiger partial charge on any atom is -0.497 e. The van der Waals surface area contributed by atoms with Crippen molar-refractivity contribution in [1.82, 2.24) is 9.80 Å². The zero-order chi connectivity index (χ0) is 25.3. The second-order valence-corrected chi connectivity index (χ2v) is 10.2. The van der Waals surface area contributed by atoms with Crippen LogP contribution in [0.1, 0.15) is 57.6 Å². The predicted molar refractivity (Wildman–Crippen MR) is 139 cm³/mol. The number of aryl methyl sites for hydroxylation is 1. The summed E-state index contributed by atoms with van der Waals surface area (Å²) in [4.78, 5) is 29.2. The van der Waals surface area contributed by atoms with Crippen LogP contribution >= 0.6 is 0 Å². The molecule has 1 fully saturated rings. The van der Waals surface area contributed by atoms with Gasteiger partial charge in [-0.3, -0.25) is 9.59 Å². The maximum Gasteiger partial charge on any atom is 0.222 e. The Balaban J connectivity index is 1.36. The average Bonchev–Trinajstić information content (AvgIpc) is 3.12. The summed E-state index contributed by atoms with van der Waals surface area (Å²) >= 11 is 0. The molecule has 2 aromatic carbocycles. The molecule has 2 aromatic rings. The number of hydrogen-bond donors (Lipinski definition) is 0. The summed E-state index contributed by atoms with van der Waals surface area (Å²) in [7, 11) is 1.65. The topological polar surface area (TPSA) is 59.1 Å². The van der Waals surface area contributed by atoms with Gasteiger partial charge in [0.1, 0.15) is 11.5 Å². The van der Waals surface area contributed by atoms with Crippen LogP contribution in [0, 0.1) is 0 Å². The van der Waals surface area contributed by atoms with Gasteiger partial charge in [0.2, 0.25) is 11.8 Å². The van der Waals surface area contributed by atoms with Crippen molar-refractivity contribution >= 4 is 11.8 Å². The lowest BCUT2D eigenvalue weighted by Crippen LogP contribution is -2.37. The molecule has 1 saturated heterocycles. The summed E-state index contributed by atoms with van der Waals surface area (Å²) in [5, 5.41) is 0. The number of nitrogens with zero attached hydrogens (tertiary/aromatic N) is 2. The van der Waals surface area contributed by atoms with Crippen LogP contribution in [0.25, 0.3) is 0 Å². The van der Waals surface area contributed by atoms with Gasteiger partial charge in [-0.25, -0.2) is 0 Å². The Hall–Kier alpha value is -3.02. The summed E-state index contributed by atoms with van der Waals surface area (Å²) in [5.41, 5.74) is 2.52. The Morgan fingerprint density at radius 1 is 0.800 bits per heavy atom. The van der Waals surface area contributed by atoms with Crippen LogP contribution in [0.4, 0.5) is 0 Å². The second-order valence-electron chi connectivity index (χ2n) is 10.2. The van der Waals surface area contributed by atoms with Gasteiger partial charge >= 0.3 is 0 Å². The van der Waals surface area contributed by atoms with Gasteiger partial charge in [0.05, 0.1) is 13.7 Å². The van der Waals surface area contributed by atoms with Crippen molar-refractivity contribution in [3.8, 4) is 11.5 Å². The maximum absolute atomic E-state index is 12.7. The highest BCUT2D eigenvalue weighted by atomic mass is 16.5. The van der Waals surface area contributed by atoms with Crippen LogP contribution in [-0.4, -0.2) is 61.5 Å². The number of hydrogen-bond acceptors (Lipinski definition) is 4. The molecule has 6 nitrogen and oxygen atoms in total. The number of ether oxygens (including phenoxy) is 2. The molecule has 0 bridgehead atoms. The van der Waals surface area contributed by atoms with Crippen LogP contribution in [0.5, 0.6) is 11.5 Å². The molecule has 0 unspecified atom stereocenters. The first-order valence-electron chi connectivity index (χ1n) is 12.7. The van der Waals surface area contributed by atoms with Crippen LogP contribution in [-0.2, 0) is 21.4 Å². The minimum atomic E-state index is 0.120. The number of amides is 2. The summed E-state index contributed by atoms with van der Waals surface area (Å²) in [6.45, 7) is 9.70. The van der Waals surface area contributed by atoms with Gasteiger partial charge in [0.15, 0.2) is 0 Å². The lowest BCUT2D eigenvalue weighted by atomic mass is 9.87. The Bertz CT molecular complexity index is 948. The molecular weight excluding hydrogens is 440 g/mol. The van der Waals surface area contributed by atoms with Crippen molar-refractivity contribution in [3.05, 3.63) is 59.7 Å². The Labute approximate surface area is 210 Å². The first kappa shape index (κ1) is 26.6. The molecule has 1 heterocycles. The first-order valence-corrected chi connectivity index (χ1v) is 12.7. The van der Waals surface area contributed by atoms with Crippen LogP contribution < -0.4 is 9.47 Å². The molecular formula is C29H40N2O4. The van der Waals surface area contributed by atoms with Crippen molar-refractivity contribution < 1.29 is 19.1 Å². The molecule has 0 spiro atoms. The van der Waals surface area contributed by atoms with E-state index in [1.54, 1.807) is 7.11 Å². The van der Waals surface area contributed by atoms with Gasteiger partial charge < -0.3 is 19.3 Å². The van der Waals surface area contributed by atoms with Crippen molar-refractivity contribution in [1.29, 1.82) is 0 Å². The van der Waals surface area contributed by atoms with E-state index < -0.39 is 0 Å². The highest BCUT2D eigenvalue weighted by molar-refractivity contribution is 5.78. The molecule has 2 amide bonds. The highest BCUT2D eigenvalue weighted by Crippen LogP contribution is 2.24. The van der Waals surface area contributed by atoms with Gasteiger partial charge in [-0.15, -0.1) is 0 Å². The standard InChI is InChI=1S/C29H40N2O4/c1-29(2,3)24-11-15-26(16-12-24)35-22-5-7-27(32)30-18-6-19-31(21-20-30)28(33)17-10-23-8-13-25(34-4)14-9-23/h8-9,11-16H,5-7,10,17-22H2,1-4H3. The van der Waals surface area contributed by atoms with E-state index in [1.165, 1.54) is 5.56 Å². The van der Waals surface area contributed by atoms with Crippen LogP contribution in [0.2, 0.25) is 0 Å². The number of rotatable bonds is 9. The van der Waals surface area contributed by atoms with E-state index in [2.05, 4.69) is 32.9 Å². The minimum absolute atomic E-state index is 0.120. The van der Waals surface area contributed by atoms with E-state index >= 15 is 0 Å². The van der Waals surface area contributed by atoms with E-state index in [4.69, 9.17) is 9.47 Å². The van der Waals surface area contributed by atoms with Gasteiger partial charge in [0.25, 0.3) is 0 Å². The van der Waals surface area contributed by atoms with E-state index in [0.29, 0.717) is 58.5 Å². The zero-order valence-electron chi connectivity index (χ0n) is 21.7. The molecule has 0 N–H and O–H groups in total. The van der Waals surface area contributed by atoms with Gasteiger partial charge in [-0.1, -0.05) is 45.0 Å².